The first kappa shape index (κ1) is 19.2. The summed E-state index contributed by atoms with van der Waals surface area (Å²) < 4.78 is 28.8. The van der Waals surface area contributed by atoms with Crippen LogP contribution in [-0.2, 0) is 14.6 Å². The topological polar surface area (TPSA) is 79.8 Å². The lowest BCUT2D eigenvalue weighted by Crippen LogP contribution is -2.48. The average Bonchev–Trinajstić information content (AvgIpc) is 2.98. The summed E-state index contributed by atoms with van der Waals surface area (Å²) in [7, 11) is -2.96. The molecule has 1 aliphatic heterocycles. The Kier molecular flexibility index (Phi) is 8.17. The van der Waals surface area contributed by atoms with Crippen molar-refractivity contribution in [3.05, 3.63) is 0 Å². The summed E-state index contributed by atoms with van der Waals surface area (Å²) in [4.78, 5) is 4.52. The molecule has 0 saturated carbocycles. The maximum absolute atomic E-state index is 11.6. The predicted molar refractivity (Wildman–Crippen MR) is 91.0 cm³/mol. The molecule has 0 spiro atoms. The van der Waals surface area contributed by atoms with E-state index >= 15 is 0 Å². The van der Waals surface area contributed by atoms with E-state index in [-0.39, 0.29) is 23.7 Å². The molecule has 7 heteroatoms. The molecule has 0 aromatic rings. The van der Waals surface area contributed by atoms with E-state index in [2.05, 4.69) is 36.4 Å². The average molecular weight is 333 g/mol. The minimum Gasteiger partial charge on any atom is -0.376 e. The number of nitrogens with one attached hydrogen (secondary N) is 2. The van der Waals surface area contributed by atoms with E-state index in [1.807, 2.05) is 0 Å². The molecule has 1 heterocycles. The van der Waals surface area contributed by atoms with Gasteiger partial charge >= 0.3 is 0 Å². The second-order valence-corrected chi connectivity index (χ2v) is 8.70. The Hall–Kier alpha value is -0.820. The molecule has 0 amide bonds. The van der Waals surface area contributed by atoms with Crippen molar-refractivity contribution in [1.82, 2.24) is 10.6 Å². The van der Waals surface area contributed by atoms with Crippen molar-refractivity contribution in [3.8, 4) is 0 Å². The highest BCUT2D eigenvalue weighted by atomic mass is 32.2. The first-order chi connectivity index (χ1) is 10.3. The summed E-state index contributed by atoms with van der Waals surface area (Å²) in [6, 6.07) is 0.156. The number of sulfone groups is 1. The van der Waals surface area contributed by atoms with Crippen LogP contribution in [0.3, 0.4) is 0 Å². The molecular weight excluding hydrogens is 302 g/mol. The fourth-order valence-electron chi connectivity index (χ4n) is 2.20. The van der Waals surface area contributed by atoms with Gasteiger partial charge in [-0.1, -0.05) is 20.8 Å². The van der Waals surface area contributed by atoms with Crippen molar-refractivity contribution in [1.29, 1.82) is 0 Å². The largest absolute Gasteiger partial charge is 0.376 e. The third-order valence-electron chi connectivity index (χ3n) is 3.65. The molecule has 0 bridgehead atoms. The second kappa shape index (κ2) is 9.35. The monoisotopic (exact) mass is 333 g/mol. The van der Waals surface area contributed by atoms with Crippen LogP contribution in [0, 0.1) is 5.92 Å². The van der Waals surface area contributed by atoms with Crippen LogP contribution in [0.15, 0.2) is 4.99 Å². The zero-order valence-corrected chi connectivity index (χ0v) is 15.1. The molecule has 2 atom stereocenters. The predicted octanol–water partition coefficient (Wildman–Crippen LogP) is 1.18. The van der Waals surface area contributed by atoms with Gasteiger partial charge in [0, 0.05) is 25.4 Å². The van der Waals surface area contributed by atoms with Crippen LogP contribution in [0.5, 0.6) is 0 Å². The number of hydrogen-bond donors (Lipinski definition) is 2. The Labute approximate surface area is 135 Å². The lowest BCUT2D eigenvalue weighted by molar-refractivity contribution is 0.0890. The van der Waals surface area contributed by atoms with Crippen molar-refractivity contribution in [2.45, 2.75) is 52.7 Å². The second-order valence-electron chi connectivity index (χ2n) is 6.23. The van der Waals surface area contributed by atoms with Gasteiger partial charge in [0.05, 0.1) is 17.9 Å². The number of rotatable bonds is 8. The summed E-state index contributed by atoms with van der Waals surface area (Å²) in [5.74, 6) is 1.42. The van der Waals surface area contributed by atoms with Crippen molar-refractivity contribution < 1.29 is 13.2 Å². The minimum atomic E-state index is -2.96. The zero-order chi connectivity index (χ0) is 16.6. The molecule has 2 N–H and O–H groups in total. The molecule has 0 aromatic heterocycles. The van der Waals surface area contributed by atoms with Crippen LogP contribution >= 0.6 is 0 Å². The summed E-state index contributed by atoms with van der Waals surface area (Å²) >= 11 is 0. The van der Waals surface area contributed by atoms with E-state index < -0.39 is 9.84 Å². The highest BCUT2D eigenvalue weighted by Gasteiger charge is 2.23. The van der Waals surface area contributed by atoms with E-state index in [0.29, 0.717) is 25.0 Å². The van der Waals surface area contributed by atoms with Gasteiger partial charge in [0.1, 0.15) is 0 Å². The van der Waals surface area contributed by atoms with Crippen LogP contribution in [0.25, 0.3) is 0 Å². The van der Waals surface area contributed by atoms with Crippen molar-refractivity contribution in [2.75, 3.05) is 31.2 Å². The summed E-state index contributed by atoms with van der Waals surface area (Å²) in [5.41, 5.74) is 0. The van der Waals surface area contributed by atoms with Crippen molar-refractivity contribution in [3.63, 3.8) is 0 Å². The van der Waals surface area contributed by atoms with E-state index in [1.54, 1.807) is 6.92 Å². The molecule has 0 aliphatic carbocycles. The standard InChI is InChI=1S/C15H31N3O3S/c1-5-22(19,20)10-8-16-15(17-11-12(2)3)18-13(4)14-7-6-9-21-14/h12-14H,5-11H2,1-4H3,(H2,16,17,18). The molecule has 22 heavy (non-hydrogen) atoms. The Bertz CT molecular complexity index is 443. The maximum Gasteiger partial charge on any atom is 0.191 e. The molecule has 2 unspecified atom stereocenters. The highest BCUT2D eigenvalue weighted by Crippen LogP contribution is 2.15. The number of aliphatic imine (C=N–C) groups is 1. The van der Waals surface area contributed by atoms with Crippen LogP contribution in [-0.4, -0.2) is 57.7 Å². The van der Waals surface area contributed by atoms with Gasteiger partial charge in [0.15, 0.2) is 15.8 Å². The SMILES string of the molecule is CCS(=O)(=O)CCNC(=NCC(C)C)NC(C)C1CCCO1. The molecular formula is C15H31N3O3S. The Balaban J connectivity index is 2.53. The smallest absolute Gasteiger partial charge is 0.191 e. The molecule has 1 saturated heterocycles. The van der Waals surface area contributed by atoms with Gasteiger partial charge < -0.3 is 15.4 Å². The van der Waals surface area contributed by atoms with Crippen molar-refractivity contribution in [2.24, 2.45) is 10.9 Å². The fraction of sp³-hybridized carbons (Fsp3) is 0.933. The Morgan fingerprint density at radius 1 is 1.36 bits per heavy atom. The van der Waals surface area contributed by atoms with E-state index in [1.165, 1.54) is 0 Å². The van der Waals surface area contributed by atoms with Crippen LogP contribution in [0.4, 0.5) is 0 Å². The Morgan fingerprint density at radius 2 is 2.09 bits per heavy atom. The summed E-state index contributed by atoms with van der Waals surface area (Å²) in [6.45, 7) is 9.84. The molecule has 1 aliphatic rings. The molecule has 0 radical (unpaired) electrons. The normalized spacial score (nSPS) is 21.1. The van der Waals surface area contributed by atoms with Gasteiger partial charge in [-0.05, 0) is 25.7 Å². The van der Waals surface area contributed by atoms with E-state index in [0.717, 1.165) is 19.4 Å². The molecule has 6 nitrogen and oxygen atoms in total. The summed E-state index contributed by atoms with van der Waals surface area (Å²) in [5, 5.41) is 6.46. The zero-order valence-electron chi connectivity index (χ0n) is 14.3. The van der Waals surface area contributed by atoms with Crippen molar-refractivity contribution >= 4 is 15.8 Å². The molecule has 0 aromatic carbocycles. The van der Waals surface area contributed by atoms with E-state index in [9.17, 15) is 8.42 Å². The minimum absolute atomic E-state index is 0.125. The van der Waals surface area contributed by atoms with Crippen LogP contribution in [0.2, 0.25) is 0 Å². The van der Waals surface area contributed by atoms with Crippen LogP contribution < -0.4 is 10.6 Å². The number of ether oxygens (including phenoxy) is 1. The van der Waals surface area contributed by atoms with Gasteiger partial charge in [0.25, 0.3) is 0 Å². The van der Waals surface area contributed by atoms with Gasteiger partial charge in [0.2, 0.25) is 0 Å². The lowest BCUT2D eigenvalue weighted by Gasteiger charge is -2.23. The number of hydrogen-bond acceptors (Lipinski definition) is 4. The first-order valence-corrected chi connectivity index (χ1v) is 10.0. The molecule has 1 fully saturated rings. The van der Waals surface area contributed by atoms with Gasteiger partial charge in [-0.2, -0.15) is 0 Å². The van der Waals surface area contributed by atoms with Gasteiger partial charge in [-0.15, -0.1) is 0 Å². The Morgan fingerprint density at radius 3 is 2.64 bits per heavy atom. The summed E-state index contributed by atoms with van der Waals surface area (Å²) in [6.07, 6.45) is 2.35. The van der Waals surface area contributed by atoms with Crippen LogP contribution in [0.1, 0.15) is 40.5 Å². The highest BCUT2D eigenvalue weighted by molar-refractivity contribution is 7.91. The third kappa shape index (κ3) is 7.45. The van der Waals surface area contributed by atoms with Gasteiger partial charge in [-0.25, -0.2) is 8.42 Å². The quantitative estimate of drug-likeness (QED) is 0.515. The number of guanidine groups is 1. The number of nitrogens with zero attached hydrogens (tertiary/aromatic N) is 1. The molecule has 130 valence electrons. The maximum atomic E-state index is 11.6. The third-order valence-corrected chi connectivity index (χ3v) is 5.35. The fourth-order valence-corrected chi connectivity index (χ4v) is 2.90. The van der Waals surface area contributed by atoms with E-state index in [4.69, 9.17) is 4.74 Å². The molecule has 1 rings (SSSR count). The lowest BCUT2D eigenvalue weighted by atomic mass is 10.1. The van der Waals surface area contributed by atoms with Gasteiger partial charge in [-0.3, -0.25) is 4.99 Å². The first-order valence-electron chi connectivity index (χ1n) is 8.21.